The zero-order valence-corrected chi connectivity index (χ0v) is 18.3. The van der Waals surface area contributed by atoms with E-state index in [1.807, 2.05) is 20.8 Å². The highest BCUT2D eigenvalue weighted by Gasteiger charge is 2.29. The summed E-state index contributed by atoms with van der Waals surface area (Å²) in [6.07, 6.45) is 1.21. The van der Waals surface area contributed by atoms with Crippen LogP contribution in [0.5, 0.6) is 5.75 Å². The van der Waals surface area contributed by atoms with Crippen molar-refractivity contribution in [2.24, 2.45) is 0 Å². The number of carbonyl (C=O) groups excluding carboxylic acids is 2. The topological polar surface area (TPSA) is 58.6 Å². The Morgan fingerprint density at radius 2 is 1.77 bits per heavy atom. The number of benzene rings is 2. The number of carbonyl (C=O) groups is 2. The Morgan fingerprint density at radius 3 is 2.37 bits per heavy atom. The van der Waals surface area contributed by atoms with Crippen LogP contribution in [0.15, 0.2) is 48.5 Å². The Balaban J connectivity index is 2.21. The van der Waals surface area contributed by atoms with Crippen molar-refractivity contribution in [1.29, 1.82) is 0 Å². The minimum Gasteiger partial charge on any atom is -0.482 e. The highest BCUT2D eigenvalue weighted by atomic mass is 35.5. The molecule has 0 bridgehead atoms. The summed E-state index contributed by atoms with van der Waals surface area (Å²) in [5.74, 6) is -0.544. The predicted octanol–water partition coefficient (Wildman–Crippen LogP) is 4.58. The molecular formula is C23H28ClFN2O3. The highest BCUT2D eigenvalue weighted by Crippen LogP contribution is 2.23. The Kier molecular flexibility index (Phi) is 9.12. The van der Waals surface area contributed by atoms with Crippen LogP contribution in [0.2, 0.25) is 5.02 Å². The molecule has 2 aromatic rings. The van der Waals surface area contributed by atoms with Crippen LogP contribution < -0.4 is 10.1 Å². The molecule has 2 aromatic carbocycles. The fourth-order valence-electron chi connectivity index (χ4n) is 2.93. The van der Waals surface area contributed by atoms with E-state index in [2.05, 4.69) is 5.32 Å². The summed E-state index contributed by atoms with van der Waals surface area (Å²) < 4.78 is 18.9. The van der Waals surface area contributed by atoms with Gasteiger partial charge in [0.1, 0.15) is 17.6 Å². The highest BCUT2D eigenvalue weighted by molar-refractivity contribution is 6.32. The summed E-state index contributed by atoms with van der Waals surface area (Å²) >= 11 is 6.10. The molecule has 0 radical (unpaired) electrons. The van der Waals surface area contributed by atoms with Crippen molar-refractivity contribution in [2.75, 3.05) is 6.61 Å². The van der Waals surface area contributed by atoms with Gasteiger partial charge in [-0.25, -0.2) is 4.39 Å². The first kappa shape index (κ1) is 23.7. The number of hydrogen-bond donors (Lipinski definition) is 1. The Morgan fingerprint density at radius 1 is 1.10 bits per heavy atom. The minimum atomic E-state index is -0.675. The first-order valence-electron chi connectivity index (χ1n) is 10.1. The van der Waals surface area contributed by atoms with Gasteiger partial charge in [0.2, 0.25) is 5.91 Å². The summed E-state index contributed by atoms with van der Waals surface area (Å²) in [4.78, 5) is 27.4. The third kappa shape index (κ3) is 6.73. The van der Waals surface area contributed by atoms with Crippen molar-refractivity contribution < 1.29 is 18.7 Å². The monoisotopic (exact) mass is 434 g/mol. The third-order valence-electron chi connectivity index (χ3n) is 4.84. The molecular weight excluding hydrogens is 407 g/mol. The average molecular weight is 435 g/mol. The zero-order chi connectivity index (χ0) is 22.1. The summed E-state index contributed by atoms with van der Waals surface area (Å²) in [7, 11) is 0. The second-order valence-electron chi connectivity index (χ2n) is 7.11. The van der Waals surface area contributed by atoms with Gasteiger partial charge in [0.15, 0.2) is 6.61 Å². The Bertz CT molecular complexity index is 845. The molecule has 1 N–H and O–H groups in total. The normalized spacial score (nSPS) is 12.7. The molecule has 0 saturated carbocycles. The fraction of sp³-hybridized carbons (Fsp3) is 0.391. The van der Waals surface area contributed by atoms with Crippen molar-refractivity contribution in [3.63, 3.8) is 0 Å². The fourth-order valence-corrected chi connectivity index (χ4v) is 3.12. The van der Waals surface area contributed by atoms with Gasteiger partial charge in [0, 0.05) is 12.6 Å². The smallest absolute Gasteiger partial charge is 0.261 e. The van der Waals surface area contributed by atoms with Crippen LogP contribution in [0.25, 0.3) is 0 Å². The van der Waals surface area contributed by atoms with Gasteiger partial charge in [0.05, 0.1) is 5.02 Å². The molecule has 0 fully saturated rings. The van der Waals surface area contributed by atoms with E-state index in [9.17, 15) is 14.0 Å². The lowest BCUT2D eigenvalue weighted by Gasteiger charge is -2.31. The van der Waals surface area contributed by atoms with Crippen molar-refractivity contribution >= 4 is 23.4 Å². The molecule has 2 rings (SSSR count). The van der Waals surface area contributed by atoms with E-state index in [-0.39, 0.29) is 36.8 Å². The maximum absolute atomic E-state index is 13.3. The first-order chi connectivity index (χ1) is 14.3. The molecule has 5 nitrogen and oxygen atoms in total. The standard InChI is InChI=1S/C23H28ClFN2O3/c1-4-16(3)26-23(29)20(5-2)27(14-17-10-12-18(25)13-11-17)22(28)15-30-21-9-7-6-8-19(21)24/h6-13,16,20H,4-5,14-15H2,1-3H3,(H,26,29)/t16-,20+/m0/s1. The molecule has 7 heteroatoms. The SMILES string of the molecule is CC[C@H](C(=O)N[C@@H](C)CC)N(Cc1ccc(F)cc1)C(=O)COc1ccccc1Cl. The van der Waals surface area contributed by atoms with Gasteiger partial charge in [-0.3, -0.25) is 9.59 Å². The van der Waals surface area contributed by atoms with Gasteiger partial charge >= 0.3 is 0 Å². The third-order valence-corrected chi connectivity index (χ3v) is 5.15. The maximum Gasteiger partial charge on any atom is 0.261 e. The number of rotatable bonds is 10. The predicted molar refractivity (Wildman–Crippen MR) is 116 cm³/mol. The summed E-state index contributed by atoms with van der Waals surface area (Å²) in [6, 6.07) is 12.1. The van der Waals surface area contributed by atoms with Crippen LogP contribution in [-0.2, 0) is 16.1 Å². The van der Waals surface area contributed by atoms with Gasteiger partial charge in [-0.2, -0.15) is 0 Å². The number of halogens is 2. The van der Waals surface area contributed by atoms with E-state index in [1.165, 1.54) is 17.0 Å². The van der Waals surface area contributed by atoms with E-state index in [0.717, 1.165) is 12.0 Å². The molecule has 2 amide bonds. The van der Waals surface area contributed by atoms with Gasteiger partial charge < -0.3 is 15.0 Å². The van der Waals surface area contributed by atoms with Crippen LogP contribution in [0, 0.1) is 5.82 Å². The number of ether oxygens (including phenoxy) is 1. The van der Waals surface area contributed by atoms with Gasteiger partial charge in [0.25, 0.3) is 5.91 Å². The molecule has 0 heterocycles. The Hall–Kier alpha value is -2.60. The summed E-state index contributed by atoms with van der Waals surface area (Å²) in [5, 5.41) is 3.34. The van der Waals surface area contributed by atoms with Crippen LogP contribution in [0.3, 0.4) is 0 Å². The van der Waals surface area contributed by atoms with Crippen molar-refractivity contribution in [3.05, 3.63) is 64.9 Å². The van der Waals surface area contributed by atoms with E-state index in [4.69, 9.17) is 16.3 Å². The van der Waals surface area contributed by atoms with E-state index >= 15 is 0 Å². The molecule has 0 spiro atoms. The molecule has 0 aliphatic heterocycles. The molecule has 162 valence electrons. The number of nitrogens with one attached hydrogen (secondary N) is 1. The molecule has 0 aliphatic carbocycles. The largest absolute Gasteiger partial charge is 0.482 e. The lowest BCUT2D eigenvalue weighted by Crippen LogP contribution is -2.51. The van der Waals surface area contributed by atoms with Crippen LogP contribution in [0.4, 0.5) is 4.39 Å². The van der Waals surface area contributed by atoms with Crippen molar-refractivity contribution in [3.8, 4) is 5.75 Å². The molecule has 0 unspecified atom stereocenters. The lowest BCUT2D eigenvalue weighted by atomic mass is 10.1. The van der Waals surface area contributed by atoms with Crippen LogP contribution in [0.1, 0.15) is 39.2 Å². The second-order valence-corrected chi connectivity index (χ2v) is 7.52. The Labute approximate surface area is 182 Å². The average Bonchev–Trinajstić information content (AvgIpc) is 2.74. The molecule has 0 aromatic heterocycles. The van der Waals surface area contributed by atoms with Crippen LogP contribution in [-0.4, -0.2) is 35.4 Å². The lowest BCUT2D eigenvalue weighted by molar-refractivity contribution is -0.143. The molecule has 0 saturated heterocycles. The minimum absolute atomic E-state index is 0.00583. The molecule has 30 heavy (non-hydrogen) atoms. The van der Waals surface area contributed by atoms with E-state index in [0.29, 0.717) is 17.2 Å². The van der Waals surface area contributed by atoms with E-state index < -0.39 is 6.04 Å². The number of amides is 2. The number of hydrogen-bond acceptors (Lipinski definition) is 3. The van der Waals surface area contributed by atoms with Crippen LogP contribution >= 0.6 is 11.6 Å². The quantitative estimate of drug-likeness (QED) is 0.595. The first-order valence-corrected chi connectivity index (χ1v) is 10.4. The maximum atomic E-state index is 13.3. The summed E-state index contributed by atoms with van der Waals surface area (Å²) in [5.41, 5.74) is 0.720. The number of para-hydroxylation sites is 1. The molecule has 2 atom stereocenters. The van der Waals surface area contributed by atoms with Crippen molar-refractivity contribution in [1.82, 2.24) is 10.2 Å². The molecule has 0 aliphatic rings. The zero-order valence-electron chi connectivity index (χ0n) is 17.5. The van der Waals surface area contributed by atoms with Gasteiger partial charge in [-0.15, -0.1) is 0 Å². The van der Waals surface area contributed by atoms with Crippen molar-refractivity contribution in [2.45, 2.75) is 52.2 Å². The summed E-state index contributed by atoms with van der Waals surface area (Å²) in [6.45, 7) is 5.64. The van der Waals surface area contributed by atoms with E-state index in [1.54, 1.807) is 36.4 Å². The second kappa shape index (κ2) is 11.6. The van der Waals surface area contributed by atoms with Gasteiger partial charge in [-0.1, -0.05) is 49.7 Å². The number of nitrogens with zero attached hydrogens (tertiary/aromatic N) is 1. The van der Waals surface area contributed by atoms with Gasteiger partial charge in [-0.05, 0) is 49.6 Å².